The van der Waals surface area contributed by atoms with Gasteiger partial charge in [-0.2, -0.15) is 13.2 Å². The Hall–Kier alpha value is -3.14. The summed E-state index contributed by atoms with van der Waals surface area (Å²) in [4.78, 5) is 41.5. The van der Waals surface area contributed by atoms with E-state index in [2.05, 4.69) is 10.6 Å². The summed E-state index contributed by atoms with van der Waals surface area (Å²) in [6.07, 6.45) is 2.44. The average Bonchev–Trinajstić information content (AvgIpc) is 3.33. The number of rotatable bonds is 7. The fraction of sp³-hybridized carbons (Fsp3) is 0.519. The van der Waals surface area contributed by atoms with Gasteiger partial charge < -0.3 is 20.1 Å². The first kappa shape index (κ1) is 26.9. The minimum absolute atomic E-state index is 0.00334. The van der Waals surface area contributed by atoms with Crippen LogP contribution in [0.4, 0.5) is 18.9 Å². The van der Waals surface area contributed by atoms with Crippen molar-refractivity contribution >= 4 is 17.5 Å². The molecule has 2 amide bonds. The quantitative estimate of drug-likeness (QED) is 0.588. The van der Waals surface area contributed by atoms with Crippen LogP contribution in [0, 0.1) is 5.92 Å². The third-order valence-corrected chi connectivity index (χ3v) is 7.51. The number of carbonyl (C=O) groups excluding carboxylic acids is 2. The van der Waals surface area contributed by atoms with Crippen LogP contribution in [0.25, 0.3) is 0 Å². The van der Waals surface area contributed by atoms with Crippen molar-refractivity contribution in [1.29, 1.82) is 0 Å². The Bertz CT molecular complexity index is 1190. The predicted molar refractivity (Wildman–Crippen MR) is 134 cm³/mol. The summed E-state index contributed by atoms with van der Waals surface area (Å²) in [5, 5.41) is 5.84. The number of halogens is 3. The van der Waals surface area contributed by atoms with Gasteiger partial charge in [-0.15, -0.1) is 0 Å². The van der Waals surface area contributed by atoms with Crippen LogP contribution in [0.3, 0.4) is 0 Å². The Morgan fingerprint density at radius 1 is 1.08 bits per heavy atom. The molecule has 0 radical (unpaired) electrons. The number of anilines is 1. The zero-order valence-electron chi connectivity index (χ0n) is 21.1. The number of carbonyl (C=O) groups is 2. The SMILES string of the molecule is CN[C@@H](C)C(=O)N[C@H](C(=O)N1CCc2ccn(Cc3ccc(C(F)(F)F)cc3)c(=O)c21)C1CCCCC1. The number of benzene rings is 1. The zero-order chi connectivity index (χ0) is 26.7. The molecule has 1 aromatic heterocycles. The number of nitrogens with one attached hydrogen (secondary N) is 2. The molecule has 0 unspecified atom stereocenters. The van der Waals surface area contributed by atoms with E-state index in [9.17, 15) is 27.6 Å². The van der Waals surface area contributed by atoms with Crippen LogP contribution in [0.2, 0.25) is 0 Å². The maximum atomic E-state index is 13.8. The number of nitrogens with zero attached hydrogens (tertiary/aromatic N) is 2. The van der Waals surface area contributed by atoms with Gasteiger partial charge in [-0.3, -0.25) is 14.4 Å². The van der Waals surface area contributed by atoms with Crippen LogP contribution in [-0.2, 0) is 28.7 Å². The van der Waals surface area contributed by atoms with Gasteiger partial charge in [0.05, 0.1) is 18.2 Å². The topological polar surface area (TPSA) is 83.4 Å². The number of alkyl halides is 3. The number of aromatic nitrogens is 1. The molecule has 10 heteroatoms. The number of hydrogen-bond donors (Lipinski definition) is 2. The molecule has 1 fully saturated rings. The van der Waals surface area contributed by atoms with Gasteiger partial charge in [-0.1, -0.05) is 31.4 Å². The first-order chi connectivity index (χ1) is 17.6. The van der Waals surface area contributed by atoms with Crippen LogP contribution in [-0.4, -0.2) is 42.1 Å². The van der Waals surface area contributed by atoms with E-state index in [1.54, 1.807) is 26.2 Å². The Balaban J connectivity index is 1.60. The van der Waals surface area contributed by atoms with Crippen molar-refractivity contribution in [3.8, 4) is 0 Å². The van der Waals surface area contributed by atoms with E-state index in [1.807, 2.05) is 0 Å². The molecule has 2 aliphatic rings. The van der Waals surface area contributed by atoms with Crippen LogP contribution < -0.4 is 21.1 Å². The summed E-state index contributed by atoms with van der Waals surface area (Å²) in [7, 11) is 1.68. The lowest BCUT2D eigenvalue weighted by Gasteiger charge is -2.33. The molecule has 4 rings (SSSR count). The van der Waals surface area contributed by atoms with Gasteiger partial charge in [0.1, 0.15) is 11.7 Å². The largest absolute Gasteiger partial charge is 0.416 e. The highest BCUT2D eigenvalue weighted by molar-refractivity contribution is 6.01. The van der Waals surface area contributed by atoms with Gasteiger partial charge in [-0.05, 0) is 68.5 Å². The van der Waals surface area contributed by atoms with E-state index in [-0.39, 0.29) is 35.5 Å². The van der Waals surface area contributed by atoms with Crippen LogP contribution in [0.5, 0.6) is 0 Å². The Labute approximate surface area is 214 Å². The summed E-state index contributed by atoms with van der Waals surface area (Å²) < 4.78 is 40.1. The number of pyridine rings is 1. The first-order valence-electron chi connectivity index (χ1n) is 12.8. The smallest absolute Gasteiger partial charge is 0.343 e. The summed E-state index contributed by atoms with van der Waals surface area (Å²) >= 11 is 0. The third kappa shape index (κ3) is 5.89. The lowest BCUT2D eigenvalue weighted by molar-refractivity contribution is -0.137. The second kappa shape index (κ2) is 11.1. The molecule has 37 heavy (non-hydrogen) atoms. The molecular weight excluding hydrogens is 485 g/mol. The maximum absolute atomic E-state index is 13.8. The van der Waals surface area contributed by atoms with Gasteiger partial charge in [-0.25, -0.2) is 0 Å². The van der Waals surface area contributed by atoms with E-state index in [0.29, 0.717) is 18.5 Å². The molecule has 2 N–H and O–H groups in total. The van der Waals surface area contributed by atoms with Crippen molar-refractivity contribution in [1.82, 2.24) is 15.2 Å². The van der Waals surface area contributed by atoms with E-state index in [4.69, 9.17) is 0 Å². The summed E-state index contributed by atoms with van der Waals surface area (Å²) in [6, 6.07) is 5.28. The molecule has 2 aromatic rings. The molecule has 0 bridgehead atoms. The summed E-state index contributed by atoms with van der Waals surface area (Å²) in [5.41, 5.74) is 0.452. The summed E-state index contributed by atoms with van der Waals surface area (Å²) in [6.45, 7) is 2.14. The van der Waals surface area contributed by atoms with Gasteiger partial charge in [0.15, 0.2) is 0 Å². The second-order valence-corrected chi connectivity index (χ2v) is 9.95. The normalized spacial score (nSPS) is 17.8. The highest BCUT2D eigenvalue weighted by Gasteiger charge is 2.38. The first-order valence-corrected chi connectivity index (χ1v) is 12.8. The minimum Gasteiger partial charge on any atom is -0.343 e. The lowest BCUT2D eigenvalue weighted by atomic mass is 9.83. The standard InChI is InChI=1S/C27H33F3N4O3/c1-17(31-2)24(35)32-22(19-6-4-3-5-7-19)25(36)34-15-13-20-12-14-33(26(37)23(20)34)16-18-8-10-21(11-9-18)27(28,29)30/h8-12,14,17,19,22,31H,3-7,13,15-16H2,1-2H3,(H,32,35)/t17-,22-/m0/s1. The Morgan fingerprint density at radius 3 is 2.38 bits per heavy atom. The number of fused-ring (bicyclic) bond motifs is 1. The molecule has 0 saturated heterocycles. The van der Waals surface area contributed by atoms with Gasteiger partial charge in [0.25, 0.3) is 5.56 Å². The summed E-state index contributed by atoms with van der Waals surface area (Å²) in [5.74, 6) is -0.554. The van der Waals surface area contributed by atoms with Gasteiger partial charge >= 0.3 is 6.18 Å². The molecule has 1 aliphatic heterocycles. The van der Waals surface area contributed by atoms with Crippen LogP contribution in [0.1, 0.15) is 55.7 Å². The molecule has 0 spiro atoms. The number of likely N-dealkylation sites (N-methyl/N-ethyl adjacent to an activating group) is 1. The highest BCUT2D eigenvalue weighted by atomic mass is 19.4. The number of hydrogen-bond acceptors (Lipinski definition) is 4. The number of amides is 2. The highest BCUT2D eigenvalue weighted by Crippen LogP contribution is 2.31. The zero-order valence-corrected chi connectivity index (χ0v) is 21.1. The van der Waals surface area contributed by atoms with Crippen molar-refractivity contribution in [3.05, 3.63) is 63.6 Å². The van der Waals surface area contributed by atoms with Crippen molar-refractivity contribution in [2.75, 3.05) is 18.5 Å². The van der Waals surface area contributed by atoms with Gasteiger partial charge in [0, 0.05) is 12.7 Å². The fourth-order valence-corrected chi connectivity index (χ4v) is 5.20. The molecule has 200 valence electrons. The van der Waals surface area contributed by atoms with E-state index < -0.39 is 23.8 Å². The minimum atomic E-state index is -4.43. The molecule has 1 aromatic carbocycles. The van der Waals surface area contributed by atoms with E-state index in [0.717, 1.165) is 49.8 Å². The van der Waals surface area contributed by atoms with E-state index in [1.165, 1.54) is 21.6 Å². The maximum Gasteiger partial charge on any atom is 0.416 e. The van der Waals surface area contributed by atoms with Crippen molar-refractivity contribution < 1.29 is 22.8 Å². The molecule has 7 nitrogen and oxygen atoms in total. The molecular formula is C27H33F3N4O3. The predicted octanol–water partition coefficient (Wildman–Crippen LogP) is 3.48. The monoisotopic (exact) mass is 518 g/mol. The second-order valence-electron chi connectivity index (χ2n) is 9.95. The van der Waals surface area contributed by atoms with Crippen molar-refractivity contribution in [2.45, 2.75) is 70.3 Å². The van der Waals surface area contributed by atoms with E-state index >= 15 is 0 Å². The molecule has 1 aliphatic carbocycles. The van der Waals surface area contributed by atoms with Crippen molar-refractivity contribution in [3.63, 3.8) is 0 Å². The fourth-order valence-electron chi connectivity index (χ4n) is 5.20. The third-order valence-electron chi connectivity index (χ3n) is 7.51. The molecule has 1 saturated carbocycles. The molecule has 2 atom stereocenters. The lowest BCUT2D eigenvalue weighted by Crippen LogP contribution is -2.56. The molecule has 2 heterocycles. The average molecular weight is 519 g/mol. The van der Waals surface area contributed by atoms with Gasteiger partial charge in [0.2, 0.25) is 11.8 Å². The Kier molecular flexibility index (Phi) is 8.06. The van der Waals surface area contributed by atoms with Crippen LogP contribution >= 0.6 is 0 Å². The Morgan fingerprint density at radius 2 is 1.76 bits per heavy atom. The van der Waals surface area contributed by atoms with Crippen LogP contribution in [0.15, 0.2) is 41.3 Å². The van der Waals surface area contributed by atoms with Crippen molar-refractivity contribution in [2.24, 2.45) is 5.92 Å².